The molecule has 1 atom stereocenters. The van der Waals surface area contributed by atoms with Gasteiger partial charge >= 0.3 is 0 Å². The number of hydrogen-bond acceptors (Lipinski definition) is 4. The highest BCUT2D eigenvalue weighted by molar-refractivity contribution is 7.09. The van der Waals surface area contributed by atoms with Crippen molar-refractivity contribution in [3.05, 3.63) is 16.1 Å². The lowest BCUT2D eigenvalue weighted by molar-refractivity contribution is 0.0939. The molecule has 0 aliphatic heterocycles. The number of aryl methyl sites for hydroxylation is 1. The van der Waals surface area contributed by atoms with Crippen molar-refractivity contribution in [1.82, 2.24) is 4.98 Å². The molecule has 3 nitrogen and oxygen atoms in total. The van der Waals surface area contributed by atoms with Gasteiger partial charge in [0.1, 0.15) is 6.10 Å². The summed E-state index contributed by atoms with van der Waals surface area (Å²) in [6, 6.07) is 0. The van der Waals surface area contributed by atoms with E-state index in [4.69, 9.17) is 5.73 Å². The molecule has 1 aliphatic carbocycles. The van der Waals surface area contributed by atoms with Gasteiger partial charge in [0, 0.05) is 17.3 Å². The molecule has 72 valence electrons. The smallest absolute Gasteiger partial charge is 0.104 e. The molecule has 3 N–H and O–H groups in total. The summed E-state index contributed by atoms with van der Waals surface area (Å²) in [5, 5.41) is 12.9. The van der Waals surface area contributed by atoms with E-state index in [1.165, 1.54) is 0 Å². The summed E-state index contributed by atoms with van der Waals surface area (Å²) in [5.74, 6) is 0. The van der Waals surface area contributed by atoms with Crippen LogP contribution < -0.4 is 5.73 Å². The molecule has 13 heavy (non-hydrogen) atoms. The van der Waals surface area contributed by atoms with Crippen molar-refractivity contribution in [1.29, 1.82) is 0 Å². The number of hydrogen-bond donors (Lipinski definition) is 2. The Morgan fingerprint density at radius 1 is 1.77 bits per heavy atom. The highest BCUT2D eigenvalue weighted by Gasteiger charge is 2.49. The summed E-state index contributed by atoms with van der Waals surface area (Å²) in [7, 11) is 0. The normalized spacial score (nSPS) is 21.5. The largest absolute Gasteiger partial charge is 0.386 e. The fraction of sp³-hybridized carbons (Fsp3) is 0.667. The minimum absolute atomic E-state index is 0.0550. The molecule has 1 aliphatic rings. The van der Waals surface area contributed by atoms with Crippen LogP contribution in [0.2, 0.25) is 0 Å². The number of thiazole rings is 1. The second-order valence-corrected chi connectivity index (χ2v) is 4.82. The standard InChI is InChI=1S/C9H14N2OS/c1-6-11-7(4-13-6)8(12)9(5-10)2-3-9/h4,8,12H,2-3,5,10H2,1H3. The number of aliphatic hydroxyl groups excluding tert-OH is 1. The minimum Gasteiger partial charge on any atom is -0.386 e. The van der Waals surface area contributed by atoms with Crippen LogP contribution in [-0.2, 0) is 0 Å². The average Bonchev–Trinajstić information content (AvgIpc) is 2.82. The molecular formula is C9H14N2OS. The number of rotatable bonds is 3. The first kappa shape index (κ1) is 9.12. The third-order valence-corrected chi connectivity index (χ3v) is 3.59. The van der Waals surface area contributed by atoms with E-state index in [1.54, 1.807) is 11.3 Å². The molecule has 0 aromatic carbocycles. The van der Waals surface area contributed by atoms with Crippen molar-refractivity contribution in [2.24, 2.45) is 11.1 Å². The van der Waals surface area contributed by atoms with Crippen LogP contribution in [0, 0.1) is 12.3 Å². The van der Waals surface area contributed by atoms with Gasteiger partial charge < -0.3 is 10.8 Å². The monoisotopic (exact) mass is 198 g/mol. The Bertz CT molecular complexity index is 306. The molecule has 1 saturated carbocycles. The molecule has 1 aromatic heterocycles. The van der Waals surface area contributed by atoms with Gasteiger partial charge in [0.15, 0.2) is 0 Å². The number of aromatic nitrogens is 1. The molecule has 2 rings (SSSR count). The lowest BCUT2D eigenvalue weighted by atomic mass is 9.97. The summed E-state index contributed by atoms with van der Waals surface area (Å²) in [6.45, 7) is 2.51. The van der Waals surface area contributed by atoms with Crippen molar-refractivity contribution in [2.75, 3.05) is 6.54 Å². The molecule has 0 radical (unpaired) electrons. The first-order valence-electron chi connectivity index (χ1n) is 4.48. The topological polar surface area (TPSA) is 59.1 Å². The molecule has 4 heteroatoms. The predicted octanol–water partition coefficient (Wildman–Crippen LogP) is 1.22. The van der Waals surface area contributed by atoms with Crippen molar-refractivity contribution in [2.45, 2.75) is 25.9 Å². The number of aliphatic hydroxyl groups is 1. The Hall–Kier alpha value is -0.450. The van der Waals surface area contributed by atoms with E-state index in [2.05, 4.69) is 4.98 Å². The molecule has 0 spiro atoms. The van der Waals surface area contributed by atoms with E-state index in [9.17, 15) is 5.11 Å². The van der Waals surface area contributed by atoms with Crippen molar-refractivity contribution < 1.29 is 5.11 Å². The van der Waals surface area contributed by atoms with E-state index in [-0.39, 0.29) is 5.41 Å². The zero-order chi connectivity index (χ0) is 9.47. The zero-order valence-corrected chi connectivity index (χ0v) is 8.47. The van der Waals surface area contributed by atoms with Crippen molar-refractivity contribution in [3.63, 3.8) is 0 Å². The Morgan fingerprint density at radius 3 is 2.85 bits per heavy atom. The van der Waals surface area contributed by atoms with Crippen LogP contribution in [0.4, 0.5) is 0 Å². The van der Waals surface area contributed by atoms with Gasteiger partial charge in [-0.15, -0.1) is 11.3 Å². The zero-order valence-electron chi connectivity index (χ0n) is 7.66. The Kier molecular flexibility index (Phi) is 2.14. The fourth-order valence-corrected chi connectivity index (χ4v) is 2.20. The second-order valence-electron chi connectivity index (χ2n) is 3.76. The summed E-state index contributed by atoms with van der Waals surface area (Å²) in [4.78, 5) is 4.28. The molecule has 1 unspecified atom stereocenters. The third kappa shape index (κ3) is 1.49. The first-order chi connectivity index (χ1) is 6.18. The van der Waals surface area contributed by atoms with Crippen LogP contribution in [0.25, 0.3) is 0 Å². The average molecular weight is 198 g/mol. The Balaban J connectivity index is 2.17. The maximum absolute atomic E-state index is 9.99. The van der Waals surface area contributed by atoms with E-state index in [1.807, 2.05) is 12.3 Å². The van der Waals surface area contributed by atoms with Crippen LogP contribution in [0.3, 0.4) is 0 Å². The SMILES string of the molecule is Cc1nc(C(O)C2(CN)CC2)cs1. The first-order valence-corrected chi connectivity index (χ1v) is 5.36. The summed E-state index contributed by atoms with van der Waals surface area (Å²) in [5.41, 5.74) is 6.37. The van der Waals surface area contributed by atoms with E-state index in [0.717, 1.165) is 23.5 Å². The molecule has 1 heterocycles. The van der Waals surface area contributed by atoms with Gasteiger partial charge in [-0.25, -0.2) is 4.98 Å². The molecule has 0 amide bonds. The Morgan fingerprint density at radius 2 is 2.46 bits per heavy atom. The molecule has 0 saturated heterocycles. The fourth-order valence-electron chi connectivity index (χ4n) is 1.57. The highest BCUT2D eigenvalue weighted by atomic mass is 32.1. The van der Waals surface area contributed by atoms with Gasteiger partial charge in [-0.1, -0.05) is 0 Å². The van der Waals surface area contributed by atoms with E-state index in [0.29, 0.717) is 6.54 Å². The van der Waals surface area contributed by atoms with Crippen molar-refractivity contribution >= 4 is 11.3 Å². The lowest BCUT2D eigenvalue weighted by Crippen LogP contribution is -2.23. The molecule has 1 aromatic rings. The van der Waals surface area contributed by atoms with Crippen LogP contribution >= 0.6 is 11.3 Å². The predicted molar refractivity (Wildman–Crippen MR) is 52.5 cm³/mol. The highest BCUT2D eigenvalue weighted by Crippen LogP contribution is 2.53. The van der Waals surface area contributed by atoms with Crippen LogP contribution in [-0.4, -0.2) is 16.6 Å². The van der Waals surface area contributed by atoms with Crippen LogP contribution in [0.15, 0.2) is 5.38 Å². The van der Waals surface area contributed by atoms with Gasteiger partial charge in [-0.05, 0) is 19.8 Å². The van der Waals surface area contributed by atoms with E-state index < -0.39 is 6.10 Å². The van der Waals surface area contributed by atoms with Crippen molar-refractivity contribution in [3.8, 4) is 0 Å². The van der Waals surface area contributed by atoms with Gasteiger partial charge in [-0.2, -0.15) is 0 Å². The second kappa shape index (κ2) is 3.04. The van der Waals surface area contributed by atoms with E-state index >= 15 is 0 Å². The molecular weight excluding hydrogens is 184 g/mol. The minimum atomic E-state index is -0.456. The number of nitrogens with zero attached hydrogens (tertiary/aromatic N) is 1. The van der Waals surface area contributed by atoms with Gasteiger partial charge in [0.05, 0.1) is 10.7 Å². The Labute approximate surface area is 81.6 Å². The quantitative estimate of drug-likeness (QED) is 0.768. The maximum atomic E-state index is 9.99. The summed E-state index contributed by atoms with van der Waals surface area (Å²) >= 11 is 1.58. The molecule has 1 fully saturated rings. The number of nitrogens with two attached hydrogens (primary N) is 1. The lowest BCUT2D eigenvalue weighted by Gasteiger charge is -2.18. The maximum Gasteiger partial charge on any atom is 0.104 e. The van der Waals surface area contributed by atoms with Gasteiger partial charge in [0.2, 0.25) is 0 Å². The summed E-state index contributed by atoms with van der Waals surface area (Å²) < 4.78 is 0. The third-order valence-electron chi connectivity index (χ3n) is 2.80. The molecule has 0 bridgehead atoms. The van der Waals surface area contributed by atoms with Crippen LogP contribution in [0.5, 0.6) is 0 Å². The van der Waals surface area contributed by atoms with Crippen LogP contribution in [0.1, 0.15) is 29.6 Å². The van der Waals surface area contributed by atoms with Gasteiger partial charge in [0.25, 0.3) is 0 Å². The van der Waals surface area contributed by atoms with Gasteiger partial charge in [-0.3, -0.25) is 0 Å². The summed E-state index contributed by atoms with van der Waals surface area (Å²) in [6.07, 6.45) is 1.60.